The summed E-state index contributed by atoms with van der Waals surface area (Å²) in [4.78, 5) is 31.3. The highest BCUT2D eigenvalue weighted by Crippen LogP contribution is 2.28. The van der Waals surface area contributed by atoms with Gasteiger partial charge in [0.05, 0.1) is 11.0 Å². The number of anilines is 1. The van der Waals surface area contributed by atoms with Gasteiger partial charge in [0.25, 0.3) is 11.8 Å². The quantitative estimate of drug-likeness (QED) is 0.547. The number of carbonyl (C=O) groups excluding carboxylic acids is 2. The van der Waals surface area contributed by atoms with E-state index in [1.807, 2.05) is 51.1 Å². The molecular weight excluding hydrogens is 376 g/mol. The number of hydrazine groups is 1. The predicted octanol–water partition coefficient (Wildman–Crippen LogP) is 3.61. The first-order valence-electron chi connectivity index (χ1n) is 9.10. The SMILES string of the molecule is CCN(C(=O)C(C)(C)c1ccccc1)N(C)c1ccc(C(=O)N(C)C)c(Cl)n1. The molecule has 28 heavy (non-hydrogen) atoms. The molecule has 1 aromatic carbocycles. The van der Waals surface area contributed by atoms with E-state index in [4.69, 9.17) is 11.6 Å². The van der Waals surface area contributed by atoms with Gasteiger partial charge >= 0.3 is 0 Å². The van der Waals surface area contributed by atoms with Crippen LogP contribution >= 0.6 is 11.6 Å². The smallest absolute Gasteiger partial charge is 0.256 e. The fourth-order valence-corrected chi connectivity index (χ4v) is 3.15. The number of rotatable bonds is 6. The molecule has 0 fully saturated rings. The average molecular weight is 403 g/mol. The van der Waals surface area contributed by atoms with Crippen LogP contribution in [-0.4, -0.2) is 54.4 Å². The maximum Gasteiger partial charge on any atom is 0.256 e. The summed E-state index contributed by atoms with van der Waals surface area (Å²) in [5, 5.41) is 3.40. The van der Waals surface area contributed by atoms with E-state index in [1.54, 1.807) is 43.3 Å². The van der Waals surface area contributed by atoms with Gasteiger partial charge < -0.3 is 4.90 Å². The fourth-order valence-electron chi connectivity index (χ4n) is 2.92. The van der Waals surface area contributed by atoms with E-state index >= 15 is 0 Å². The number of halogens is 1. The summed E-state index contributed by atoms with van der Waals surface area (Å²) in [6, 6.07) is 13.0. The molecule has 7 heteroatoms. The lowest BCUT2D eigenvalue weighted by atomic mass is 9.83. The van der Waals surface area contributed by atoms with Gasteiger partial charge in [0.15, 0.2) is 0 Å². The lowest BCUT2D eigenvalue weighted by molar-refractivity contribution is -0.136. The molecule has 0 N–H and O–H groups in total. The Morgan fingerprint density at radius 3 is 2.14 bits per heavy atom. The second-order valence-corrected chi connectivity index (χ2v) is 7.60. The van der Waals surface area contributed by atoms with Gasteiger partial charge in [0.2, 0.25) is 0 Å². The Balaban J connectivity index is 2.33. The van der Waals surface area contributed by atoms with Gasteiger partial charge in [-0.2, -0.15) is 0 Å². The number of likely N-dealkylation sites (N-methyl/N-ethyl adjacent to an activating group) is 1. The van der Waals surface area contributed by atoms with Crippen molar-refractivity contribution >= 4 is 29.2 Å². The number of amides is 2. The number of carbonyl (C=O) groups is 2. The Labute approximate surface area is 171 Å². The zero-order valence-corrected chi connectivity index (χ0v) is 18.0. The van der Waals surface area contributed by atoms with Crippen LogP contribution in [0.3, 0.4) is 0 Å². The van der Waals surface area contributed by atoms with Crippen LogP contribution in [0.4, 0.5) is 5.82 Å². The molecule has 0 bridgehead atoms. The van der Waals surface area contributed by atoms with Crippen LogP contribution < -0.4 is 5.01 Å². The summed E-state index contributed by atoms with van der Waals surface area (Å²) in [7, 11) is 5.07. The number of aromatic nitrogens is 1. The van der Waals surface area contributed by atoms with E-state index in [0.717, 1.165) is 5.56 Å². The van der Waals surface area contributed by atoms with Gasteiger partial charge in [0.1, 0.15) is 11.0 Å². The van der Waals surface area contributed by atoms with Gasteiger partial charge in [0, 0.05) is 27.7 Å². The number of hydrogen-bond acceptors (Lipinski definition) is 4. The molecule has 0 aliphatic rings. The lowest BCUT2D eigenvalue weighted by Crippen LogP contribution is -2.51. The minimum absolute atomic E-state index is 0.0601. The Bertz CT molecular complexity index is 853. The summed E-state index contributed by atoms with van der Waals surface area (Å²) in [5.74, 6) is 0.203. The molecule has 2 amide bonds. The van der Waals surface area contributed by atoms with Gasteiger partial charge in [-0.05, 0) is 38.5 Å². The predicted molar refractivity (Wildman–Crippen MR) is 113 cm³/mol. The molecule has 0 aliphatic heterocycles. The summed E-state index contributed by atoms with van der Waals surface area (Å²) in [5.41, 5.74) is 0.545. The van der Waals surface area contributed by atoms with Crippen molar-refractivity contribution in [2.24, 2.45) is 0 Å². The van der Waals surface area contributed by atoms with Crippen molar-refractivity contribution in [1.29, 1.82) is 0 Å². The maximum atomic E-state index is 13.3. The van der Waals surface area contributed by atoms with Crippen molar-refractivity contribution in [3.8, 4) is 0 Å². The summed E-state index contributed by atoms with van der Waals surface area (Å²) in [6.45, 7) is 6.17. The van der Waals surface area contributed by atoms with Crippen LogP contribution in [0, 0.1) is 0 Å². The topological polar surface area (TPSA) is 56.8 Å². The van der Waals surface area contributed by atoms with E-state index in [1.165, 1.54) is 4.90 Å². The number of hydrogen-bond donors (Lipinski definition) is 0. The molecule has 1 heterocycles. The zero-order chi connectivity index (χ0) is 21.1. The van der Waals surface area contributed by atoms with Crippen LogP contribution in [0.25, 0.3) is 0 Å². The van der Waals surface area contributed by atoms with Crippen molar-refractivity contribution in [3.63, 3.8) is 0 Å². The third-order valence-electron chi connectivity index (χ3n) is 4.73. The molecule has 1 aromatic heterocycles. The molecule has 6 nitrogen and oxygen atoms in total. The third-order valence-corrected chi connectivity index (χ3v) is 5.02. The highest BCUT2D eigenvalue weighted by atomic mass is 35.5. The number of pyridine rings is 1. The second kappa shape index (κ2) is 8.61. The third kappa shape index (κ3) is 4.28. The second-order valence-electron chi connectivity index (χ2n) is 7.24. The van der Waals surface area contributed by atoms with Crippen molar-refractivity contribution in [3.05, 3.63) is 58.7 Å². The Morgan fingerprint density at radius 1 is 1.04 bits per heavy atom. The first-order chi connectivity index (χ1) is 13.1. The Morgan fingerprint density at radius 2 is 1.64 bits per heavy atom. The van der Waals surface area contributed by atoms with E-state index in [0.29, 0.717) is 17.9 Å². The fraction of sp³-hybridized carbons (Fsp3) is 0.381. The maximum absolute atomic E-state index is 13.3. The monoisotopic (exact) mass is 402 g/mol. The van der Waals surface area contributed by atoms with Crippen molar-refractivity contribution in [2.45, 2.75) is 26.2 Å². The van der Waals surface area contributed by atoms with Gasteiger partial charge in [-0.15, -0.1) is 0 Å². The molecule has 2 aromatic rings. The van der Waals surface area contributed by atoms with Gasteiger partial charge in [-0.25, -0.2) is 4.98 Å². The van der Waals surface area contributed by atoms with Crippen molar-refractivity contribution in [2.75, 3.05) is 32.7 Å². The molecular formula is C21H27ClN4O2. The average Bonchev–Trinajstić information content (AvgIpc) is 2.68. The van der Waals surface area contributed by atoms with Crippen LogP contribution in [-0.2, 0) is 10.2 Å². The van der Waals surface area contributed by atoms with Crippen molar-refractivity contribution < 1.29 is 9.59 Å². The minimum Gasteiger partial charge on any atom is -0.345 e. The van der Waals surface area contributed by atoms with E-state index < -0.39 is 5.41 Å². The molecule has 0 atom stereocenters. The molecule has 0 saturated carbocycles. The minimum atomic E-state index is -0.712. The Kier molecular flexibility index (Phi) is 6.67. The summed E-state index contributed by atoms with van der Waals surface area (Å²) in [6.07, 6.45) is 0. The highest BCUT2D eigenvalue weighted by molar-refractivity contribution is 6.32. The van der Waals surface area contributed by atoms with Crippen molar-refractivity contribution in [1.82, 2.24) is 14.9 Å². The molecule has 0 saturated heterocycles. The molecule has 0 aliphatic carbocycles. The molecule has 0 radical (unpaired) electrons. The lowest BCUT2D eigenvalue weighted by Gasteiger charge is -2.37. The van der Waals surface area contributed by atoms with Crippen LogP contribution in [0.1, 0.15) is 36.7 Å². The molecule has 2 rings (SSSR count). The van der Waals surface area contributed by atoms with Crippen LogP contribution in [0.2, 0.25) is 5.15 Å². The highest BCUT2D eigenvalue weighted by Gasteiger charge is 2.35. The standard InChI is InChI=1S/C21H27ClN4O2/c1-7-26(20(28)21(2,3)15-11-9-8-10-12-15)25(6)17-14-13-16(18(22)23-17)19(27)24(4)5/h8-14H,7H2,1-6H3. The number of benzene rings is 1. The van der Waals surface area contributed by atoms with Gasteiger partial charge in [-0.3, -0.25) is 19.6 Å². The molecule has 0 unspecified atom stereocenters. The summed E-state index contributed by atoms with van der Waals surface area (Å²) >= 11 is 6.24. The van der Waals surface area contributed by atoms with E-state index in [-0.39, 0.29) is 17.0 Å². The number of nitrogens with zero attached hydrogens (tertiary/aromatic N) is 4. The largest absolute Gasteiger partial charge is 0.345 e. The first-order valence-corrected chi connectivity index (χ1v) is 9.48. The van der Waals surface area contributed by atoms with Crippen LogP contribution in [0.5, 0.6) is 0 Å². The molecule has 0 spiro atoms. The van der Waals surface area contributed by atoms with E-state index in [9.17, 15) is 9.59 Å². The normalized spacial score (nSPS) is 11.1. The zero-order valence-electron chi connectivity index (χ0n) is 17.2. The Hall–Kier alpha value is -2.60. The van der Waals surface area contributed by atoms with E-state index in [2.05, 4.69) is 4.98 Å². The van der Waals surface area contributed by atoms with Gasteiger partial charge in [-0.1, -0.05) is 41.9 Å². The first kappa shape index (κ1) is 21.7. The summed E-state index contributed by atoms with van der Waals surface area (Å²) < 4.78 is 0. The molecule has 150 valence electrons. The van der Waals surface area contributed by atoms with Crippen LogP contribution in [0.15, 0.2) is 42.5 Å².